The zero-order valence-electron chi connectivity index (χ0n) is 13.0. The van der Waals surface area contributed by atoms with Crippen LogP contribution in [0.25, 0.3) is 0 Å². The second-order valence-corrected chi connectivity index (χ2v) is 7.17. The molecule has 0 aliphatic heterocycles. The zero-order chi connectivity index (χ0) is 17.3. The molecule has 1 N–H and O–H groups in total. The predicted molar refractivity (Wildman–Crippen MR) is 97.3 cm³/mol. The maximum absolute atomic E-state index is 12.3. The van der Waals surface area contributed by atoms with E-state index in [0.29, 0.717) is 27.3 Å². The first-order valence-electron chi connectivity index (χ1n) is 7.13. The smallest absolute Gasteiger partial charge is 0.275 e. The molecule has 0 saturated carbocycles. The van der Waals surface area contributed by atoms with Gasteiger partial charge in [-0.2, -0.15) is 5.10 Å². The molecule has 0 saturated heterocycles. The van der Waals surface area contributed by atoms with Crippen molar-refractivity contribution in [3.05, 3.63) is 62.3 Å². The Labute approximate surface area is 153 Å². The Morgan fingerprint density at radius 2 is 2.17 bits per heavy atom. The molecular weight excluding hydrogens is 367 g/mol. The van der Waals surface area contributed by atoms with Crippen molar-refractivity contribution in [1.29, 1.82) is 0 Å². The number of anilines is 1. The molecule has 0 bridgehead atoms. The summed E-state index contributed by atoms with van der Waals surface area (Å²) in [4.78, 5) is 17.5. The highest BCUT2D eigenvalue weighted by Gasteiger charge is 2.14. The van der Waals surface area contributed by atoms with Gasteiger partial charge in [0.05, 0.1) is 15.7 Å². The number of nitrogens with zero attached hydrogens (tertiary/aromatic N) is 3. The highest BCUT2D eigenvalue weighted by molar-refractivity contribution is 7.15. The Balaban J connectivity index is 1.73. The van der Waals surface area contributed by atoms with Crippen LogP contribution in [-0.2, 0) is 13.5 Å². The molecule has 0 aliphatic carbocycles. The minimum absolute atomic E-state index is 0.236. The predicted octanol–water partition coefficient (Wildman–Crippen LogP) is 4.33. The molecule has 0 aliphatic rings. The quantitative estimate of drug-likeness (QED) is 0.732. The van der Waals surface area contributed by atoms with Gasteiger partial charge < -0.3 is 0 Å². The van der Waals surface area contributed by atoms with Gasteiger partial charge in [-0.3, -0.25) is 14.8 Å². The van der Waals surface area contributed by atoms with Crippen molar-refractivity contribution < 1.29 is 4.79 Å². The van der Waals surface area contributed by atoms with Crippen molar-refractivity contribution in [3.63, 3.8) is 0 Å². The first-order chi connectivity index (χ1) is 11.4. The van der Waals surface area contributed by atoms with Crippen molar-refractivity contribution in [2.75, 3.05) is 5.32 Å². The molecule has 2 aromatic heterocycles. The van der Waals surface area contributed by atoms with Crippen LogP contribution in [0.5, 0.6) is 0 Å². The van der Waals surface area contributed by atoms with Gasteiger partial charge in [0.2, 0.25) is 0 Å². The number of amides is 1. The Morgan fingerprint density at radius 1 is 1.38 bits per heavy atom. The van der Waals surface area contributed by atoms with E-state index in [1.54, 1.807) is 30.1 Å². The highest BCUT2D eigenvalue weighted by Crippen LogP contribution is 2.29. The molecular formula is C16H14Cl2N4OS. The SMILES string of the molecule is Cc1cc(C(=O)Nc2ncc(Cc3cccc(Cl)c3Cl)s2)n(C)n1. The van der Waals surface area contributed by atoms with E-state index < -0.39 is 0 Å². The van der Waals surface area contributed by atoms with Crippen molar-refractivity contribution >= 4 is 45.6 Å². The van der Waals surface area contributed by atoms with E-state index in [9.17, 15) is 4.79 Å². The topological polar surface area (TPSA) is 59.8 Å². The summed E-state index contributed by atoms with van der Waals surface area (Å²) in [5.41, 5.74) is 2.20. The van der Waals surface area contributed by atoms with Crippen LogP contribution < -0.4 is 5.32 Å². The summed E-state index contributed by atoms with van der Waals surface area (Å²) in [5.74, 6) is -0.236. The van der Waals surface area contributed by atoms with Gasteiger partial charge >= 0.3 is 0 Å². The Bertz CT molecular complexity index is 903. The van der Waals surface area contributed by atoms with Crippen LogP contribution in [0.15, 0.2) is 30.5 Å². The molecule has 3 rings (SSSR count). The molecule has 2 heterocycles. The molecule has 1 aromatic carbocycles. The van der Waals surface area contributed by atoms with Gasteiger partial charge in [0.1, 0.15) is 5.69 Å². The van der Waals surface area contributed by atoms with Crippen LogP contribution in [-0.4, -0.2) is 20.7 Å². The van der Waals surface area contributed by atoms with E-state index in [1.165, 1.54) is 11.3 Å². The second-order valence-electron chi connectivity index (χ2n) is 5.27. The van der Waals surface area contributed by atoms with Crippen molar-refractivity contribution in [3.8, 4) is 0 Å². The molecule has 24 heavy (non-hydrogen) atoms. The molecule has 0 fully saturated rings. The summed E-state index contributed by atoms with van der Waals surface area (Å²) in [6, 6.07) is 7.26. The number of halogens is 2. The molecule has 5 nitrogen and oxygen atoms in total. The number of aromatic nitrogens is 3. The average molecular weight is 381 g/mol. The van der Waals surface area contributed by atoms with E-state index in [1.807, 2.05) is 19.1 Å². The third-order valence-corrected chi connectivity index (χ3v) is 5.18. The van der Waals surface area contributed by atoms with E-state index in [4.69, 9.17) is 23.2 Å². The van der Waals surface area contributed by atoms with Crippen LogP contribution in [0.2, 0.25) is 10.0 Å². The number of rotatable bonds is 4. The highest BCUT2D eigenvalue weighted by atomic mass is 35.5. The largest absolute Gasteiger partial charge is 0.296 e. The van der Waals surface area contributed by atoms with Gasteiger partial charge in [0.15, 0.2) is 5.13 Å². The number of carbonyl (C=O) groups excluding carboxylic acids is 1. The van der Waals surface area contributed by atoms with Gasteiger partial charge in [0.25, 0.3) is 5.91 Å². The van der Waals surface area contributed by atoms with Gasteiger partial charge in [-0.1, -0.05) is 35.3 Å². The van der Waals surface area contributed by atoms with E-state index in [-0.39, 0.29) is 5.91 Å². The summed E-state index contributed by atoms with van der Waals surface area (Å²) in [7, 11) is 1.73. The number of benzene rings is 1. The van der Waals surface area contributed by atoms with Gasteiger partial charge in [-0.05, 0) is 24.6 Å². The molecule has 1 amide bonds. The monoisotopic (exact) mass is 380 g/mol. The maximum atomic E-state index is 12.3. The molecule has 0 spiro atoms. The number of nitrogens with one attached hydrogen (secondary N) is 1. The average Bonchev–Trinajstić information content (AvgIpc) is 3.10. The summed E-state index contributed by atoms with van der Waals surface area (Å²) in [6.07, 6.45) is 2.34. The molecule has 0 radical (unpaired) electrons. The first kappa shape index (κ1) is 17.0. The van der Waals surface area contributed by atoms with Crippen molar-refractivity contribution in [1.82, 2.24) is 14.8 Å². The fourth-order valence-corrected chi connectivity index (χ4v) is 3.52. The first-order valence-corrected chi connectivity index (χ1v) is 8.71. The lowest BCUT2D eigenvalue weighted by atomic mass is 10.1. The Morgan fingerprint density at radius 3 is 2.88 bits per heavy atom. The van der Waals surface area contributed by atoms with E-state index in [0.717, 1.165) is 16.1 Å². The lowest BCUT2D eigenvalue weighted by Gasteiger charge is -2.03. The minimum Gasteiger partial charge on any atom is -0.296 e. The number of carbonyl (C=O) groups is 1. The minimum atomic E-state index is -0.236. The summed E-state index contributed by atoms with van der Waals surface area (Å²) >= 11 is 13.6. The number of hydrogen-bond acceptors (Lipinski definition) is 4. The van der Waals surface area contributed by atoms with Crippen LogP contribution >= 0.6 is 34.5 Å². The van der Waals surface area contributed by atoms with Crippen molar-refractivity contribution in [2.24, 2.45) is 7.05 Å². The zero-order valence-corrected chi connectivity index (χ0v) is 15.3. The third-order valence-electron chi connectivity index (χ3n) is 3.40. The lowest BCUT2D eigenvalue weighted by molar-refractivity contribution is 0.101. The fourth-order valence-electron chi connectivity index (χ4n) is 2.30. The van der Waals surface area contributed by atoms with Crippen LogP contribution in [0, 0.1) is 6.92 Å². The molecule has 0 atom stereocenters. The molecule has 8 heteroatoms. The second kappa shape index (κ2) is 6.93. The standard InChI is InChI=1S/C16H14Cl2N4OS/c1-9-6-13(22(2)21-9)15(23)20-16-19-8-11(24-16)7-10-4-3-5-12(17)14(10)18/h3-6,8H,7H2,1-2H3,(H,19,20,23). The normalized spacial score (nSPS) is 10.8. The Kier molecular flexibility index (Phi) is 4.89. The number of thiazole rings is 1. The summed E-state index contributed by atoms with van der Waals surface area (Å²) in [6.45, 7) is 1.84. The third kappa shape index (κ3) is 3.61. The fraction of sp³-hybridized carbons (Fsp3) is 0.188. The molecule has 0 unspecified atom stereocenters. The number of aryl methyl sites for hydroxylation is 2. The Hall–Kier alpha value is -1.89. The van der Waals surface area contributed by atoms with Gasteiger partial charge in [-0.25, -0.2) is 4.98 Å². The maximum Gasteiger partial charge on any atom is 0.275 e. The van der Waals surface area contributed by atoms with E-state index >= 15 is 0 Å². The molecule has 124 valence electrons. The lowest BCUT2D eigenvalue weighted by Crippen LogP contribution is -2.15. The summed E-state index contributed by atoms with van der Waals surface area (Å²) < 4.78 is 1.55. The van der Waals surface area contributed by atoms with Gasteiger partial charge in [0, 0.05) is 24.5 Å². The van der Waals surface area contributed by atoms with Crippen LogP contribution in [0.3, 0.4) is 0 Å². The van der Waals surface area contributed by atoms with Crippen molar-refractivity contribution in [2.45, 2.75) is 13.3 Å². The van der Waals surface area contributed by atoms with Crippen LogP contribution in [0.4, 0.5) is 5.13 Å². The van der Waals surface area contributed by atoms with E-state index in [2.05, 4.69) is 15.4 Å². The van der Waals surface area contributed by atoms with Gasteiger partial charge in [-0.15, -0.1) is 11.3 Å². The van der Waals surface area contributed by atoms with Crippen LogP contribution in [0.1, 0.15) is 26.6 Å². The number of hydrogen-bond donors (Lipinski definition) is 1. The summed E-state index contributed by atoms with van der Waals surface area (Å²) in [5, 5.41) is 8.56. The molecule has 3 aromatic rings.